The fraction of sp³-hybridized carbons (Fsp3) is 0.217. The first-order chi connectivity index (χ1) is 15.1. The molecule has 0 saturated carbocycles. The summed E-state index contributed by atoms with van der Waals surface area (Å²) in [6.45, 7) is 0.480. The van der Waals surface area contributed by atoms with Gasteiger partial charge in [-0.2, -0.15) is 0 Å². The van der Waals surface area contributed by atoms with Crippen LogP contribution in [0.3, 0.4) is 0 Å². The van der Waals surface area contributed by atoms with Crippen molar-refractivity contribution < 1.29 is 14.2 Å². The van der Waals surface area contributed by atoms with E-state index in [0.717, 1.165) is 16.7 Å². The molecule has 4 aromatic rings. The van der Waals surface area contributed by atoms with Crippen molar-refractivity contribution in [3.63, 3.8) is 0 Å². The second kappa shape index (κ2) is 8.83. The Morgan fingerprint density at radius 1 is 0.839 bits per heavy atom. The van der Waals surface area contributed by atoms with Crippen LogP contribution in [0.4, 0.5) is 0 Å². The van der Waals surface area contributed by atoms with Crippen molar-refractivity contribution in [1.82, 2.24) is 19.5 Å². The highest BCUT2D eigenvalue weighted by Crippen LogP contribution is 2.24. The van der Waals surface area contributed by atoms with Crippen molar-refractivity contribution in [2.24, 2.45) is 0 Å². The van der Waals surface area contributed by atoms with Crippen LogP contribution in [0, 0.1) is 0 Å². The molecule has 2 heterocycles. The lowest BCUT2D eigenvalue weighted by atomic mass is 10.1. The van der Waals surface area contributed by atoms with Gasteiger partial charge in [0.15, 0.2) is 0 Å². The van der Waals surface area contributed by atoms with Crippen molar-refractivity contribution in [3.8, 4) is 28.6 Å². The number of aryl methyl sites for hydroxylation is 2. The maximum absolute atomic E-state index is 13.1. The van der Waals surface area contributed by atoms with Crippen molar-refractivity contribution in [2.75, 3.05) is 21.3 Å². The number of aromatic nitrogens is 4. The van der Waals surface area contributed by atoms with Crippen LogP contribution in [0.2, 0.25) is 0 Å². The molecule has 0 fully saturated rings. The zero-order valence-corrected chi connectivity index (χ0v) is 17.5. The van der Waals surface area contributed by atoms with Crippen LogP contribution >= 0.6 is 0 Å². The average molecular weight is 418 g/mol. The highest BCUT2D eigenvalue weighted by molar-refractivity contribution is 5.83. The number of nitrogens with zero attached hydrogens (tertiary/aromatic N) is 4. The molecule has 0 bridgehead atoms. The third-order valence-corrected chi connectivity index (χ3v) is 5.02. The molecule has 0 unspecified atom stereocenters. The molecule has 2 aromatic heterocycles. The van der Waals surface area contributed by atoms with Gasteiger partial charge < -0.3 is 14.2 Å². The SMILES string of the molecule is COc1cc(CCn2cnc3ccc(-c4cnc(OC)nc4)cc3c2=O)cc(OC)c1. The van der Waals surface area contributed by atoms with E-state index in [0.29, 0.717) is 41.4 Å². The van der Waals surface area contributed by atoms with Gasteiger partial charge in [-0.1, -0.05) is 6.07 Å². The lowest BCUT2D eigenvalue weighted by molar-refractivity contribution is 0.380. The Hall–Kier alpha value is -3.94. The molecule has 8 nitrogen and oxygen atoms in total. The lowest BCUT2D eigenvalue weighted by Crippen LogP contribution is -2.21. The van der Waals surface area contributed by atoms with Crippen molar-refractivity contribution in [3.05, 3.63) is 71.0 Å². The van der Waals surface area contributed by atoms with E-state index < -0.39 is 0 Å². The van der Waals surface area contributed by atoms with Crippen LogP contribution in [0.15, 0.2) is 59.9 Å². The summed E-state index contributed by atoms with van der Waals surface area (Å²) in [6, 6.07) is 11.5. The molecular formula is C23H22N4O4. The average Bonchev–Trinajstić information content (AvgIpc) is 2.83. The Bertz CT molecular complexity index is 1250. The van der Waals surface area contributed by atoms with Gasteiger partial charge in [0.05, 0.1) is 38.6 Å². The second-order valence-electron chi connectivity index (χ2n) is 6.90. The highest BCUT2D eigenvalue weighted by atomic mass is 16.5. The number of ether oxygens (including phenoxy) is 3. The van der Waals surface area contributed by atoms with Gasteiger partial charge in [-0.25, -0.2) is 15.0 Å². The second-order valence-corrected chi connectivity index (χ2v) is 6.90. The lowest BCUT2D eigenvalue weighted by Gasteiger charge is -2.10. The first kappa shape index (κ1) is 20.3. The van der Waals surface area contributed by atoms with Gasteiger partial charge in [0.2, 0.25) is 0 Å². The predicted molar refractivity (Wildman–Crippen MR) is 117 cm³/mol. The molecule has 0 spiro atoms. The number of rotatable bonds is 7. The van der Waals surface area contributed by atoms with E-state index in [-0.39, 0.29) is 5.56 Å². The molecular weight excluding hydrogens is 396 g/mol. The highest BCUT2D eigenvalue weighted by Gasteiger charge is 2.09. The normalized spacial score (nSPS) is 10.8. The quantitative estimate of drug-likeness (QED) is 0.456. The zero-order chi connectivity index (χ0) is 21.8. The number of hydrogen-bond donors (Lipinski definition) is 0. The molecule has 0 atom stereocenters. The standard InChI is InChI=1S/C23H22N4O4/c1-29-18-8-15(9-19(11-18)30-2)6-7-27-14-26-21-5-4-16(10-20(21)22(27)28)17-12-24-23(31-3)25-13-17/h4-5,8-14H,6-7H2,1-3H3. The molecule has 0 aliphatic rings. The van der Waals surface area contributed by atoms with E-state index in [4.69, 9.17) is 14.2 Å². The van der Waals surface area contributed by atoms with Gasteiger partial charge in [-0.05, 0) is 41.8 Å². The molecule has 0 saturated heterocycles. The molecule has 0 N–H and O–H groups in total. The summed E-state index contributed by atoms with van der Waals surface area (Å²) in [6.07, 6.45) is 5.54. The predicted octanol–water partition coefficient (Wildman–Crippen LogP) is 3.12. The largest absolute Gasteiger partial charge is 0.497 e. The number of methoxy groups -OCH3 is 3. The molecule has 8 heteroatoms. The summed E-state index contributed by atoms with van der Waals surface area (Å²) in [7, 11) is 4.74. The Balaban J connectivity index is 1.63. The maximum Gasteiger partial charge on any atom is 0.316 e. The fourth-order valence-corrected chi connectivity index (χ4v) is 3.33. The van der Waals surface area contributed by atoms with Crippen molar-refractivity contribution >= 4 is 10.9 Å². The van der Waals surface area contributed by atoms with E-state index in [2.05, 4.69) is 15.0 Å². The molecule has 2 aromatic carbocycles. The van der Waals surface area contributed by atoms with Crippen LogP contribution in [-0.2, 0) is 13.0 Å². The molecule has 0 radical (unpaired) electrons. The Morgan fingerprint density at radius 2 is 1.55 bits per heavy atom. The third kappa shape index (κ3) is 4.32. The number of benzene rings is 2. The molecule has 31 heavy (non-hydrogen) atoms. The van der Waals surface area contributed by atoms with Gasteiger partial charge >= 0.3 is 6.01 Å². The maximum atomic E-state index is 13.1. The van der Waals surface area contributed by atoms with Crippen LogP contribution in [0.25, 0.3) is 22.0 Å². The molecule has 0 amide bonds. The summed E-state index contributed by atoms with van der Waals surface area (Å²) < 4.78 is 17.3. The first-order valence-corrected chi connectivity index (χ1v) is 9.69. The summed E-state index contributed by atoms with van der Waals surface area (Å²) in [5.74, 6) is 1.43. The van der Waals surface area contributed by atoms with Gasteiger partial charge in [0.25, 0.3) is 5.56 Å². The van der Waals surface area contributed by atoms with Crippen LogP contribution < -0.4 is 19.8 Å². The number of hydrogen-bond acceptors (Lipinski definition) is 7. The zero-order valence-electron chi connectivity index (χ0n) is 17.5. The Labute approximate surface area is 179 Å². The molecule has 4 rings (SSSR count). The van der Waals surface area contributed by atoms with Crippen LogP contribution in [0.1, 0.15) is 5.56 Å². The topological polar surface area (TPSA) is 88.4 Å². The van der Waals surface area contributed by atoms with E-state index in [1.807, 2.05) is 36.4 Å². The molecule has 0 aliphatic carbocycles. The molecule has 158 valence electrons. The van der Waals surface area contributed by atoms with Gasteiger partial charge in [0, 0.05) is 30.6 Å². The third-order valence-electron chi connectivity index (χ3n) is 5.02. The Morgan fingerprint density at radius 3 is 2.19 bits per heavy atom. The minimum Gasteiger partial charge on any atom is -0.497 e. The molecule has 0 aliphatic heterocycles. The first-order valence-electron chi connectivity index (χ1n) is 9.69. The van der Waals surface area contributed by atoms with E-state index in [1.54, 1.807) is 37.5 Å². The van der Waals surface area contributed by atoms with Crippen LogP contribution in [-0.4, -0.2) is 40.8 Å². The smallest absolute Gasteiger partial charge is 0.316 e. The monoisotopic (exact) mass is 418 g/mol. The van der Waals surface area contributed by atoms with Crippen molar-refractivity contribution in [2.45, 2.75) is 13.0 Å². The van der Waals surface area contributed by atoms with E-state index in [9.17, 15) is 4.79 Å². The Kier molecular flexibility index (Phi) is 5.79. The van der Waals surface area contributed by atoms with Crippen LogP contribution in [0.5, 0.6) is 17.5 Å². The summed E-state index contributed by atoms with van der Waals surface area (Å²) in [4.78, 5) is 25.8. The van der Waals surface area contributed by atoms with E-state index >= 15 is 0 Å². The van der Waals surface area contributed by atoms with Gasteiger partial charge in [-0.3, -0.25) is 9.36 Å². The summed E-state index contributed by atoms with van der Waals surface area (Å²) in [5, 5.41) is 0.541. The fourth-order valence-electron chi connectivity index (χ4n) is 3.33. The summed E-state index contributed by atoms with van der Waals surface area (Å²) in [5.41, 5.74) is 3.18. The minimum atomic E-state index is -0.101. The van der Waals surface area contributed by atoms with E-state index in [1.165, 1.54) is 7.11 Å². The number of fused-ring (bicyclic) bond motifs is 1. The minimum absolute atomic E-state index is 0.101. The van der Waals surface area contributed by atoms with Gasteiger partial charge in [-0.15, -0.1) is 0 Å². The van der Waals surface area contributed by atoms with Crippen molar-refractivity contribution in [1.29, 1.82) is 0 Å². The summed E-state index contributed by atoms with van der Waals surface area (Å²) >= 11 is 0. The van der Waals surface area contributed by atoms with Gasteiger partial charge in [0.1, 0.15) is 11.5 Å².